The maximum Gasteiger partial charge on any atom is 0.222 e. The van der Waals surface area contributed by atoms with Gasteiger partial charge < -0.3 is 4.90 Å². The van der Waals surface area contributed by atoms with E-state index in [0.717, 1.165) is 38.6 Å². The molecule has 4 nitrogen and oxygen atoms in total. The first-order valence-electron chi connectivity index (χ1n) is 7.91. The van der Waals surface area contributed by atoms with E-state index in [1.54, 1.807) is 0 Å². The molecule has 1 saturated heterocycles. The van der Waals surface area contributed by atoms with Crippen LogP contribution in [0.5, 0.6) is 0 Å². The first-order chi connectivity index (χ1) is 9.44. The highest BCUT2D eigenvalue weighted by Gasteiger charge is 2.28. The highest BCUT2D eigenvalue weighted by atomic mass is 32.2. The second kappa shape index (κ2) is 8.65. The Morgan fingerprint density at radius 1 is 1.15 bits per heavy atom. The summed E-state index contributed by atoms with van der Waals surface area (Å²) in [6, 6.07) is -0.0955. The lowest BCUT2D eigenvalue weighted by molar-refractivity contribution is -0.134. The van der Waals surface area contributed by atoms with Gasteiger partial charge in [0.05, 0.1) is 5.75 Å². The van der Waals surface area contributed by atoms with Crippen molar-refractivity contribution in [3.8, 4) is 0 Å². The molecule has 1 heterocycles. The quantitative estimate of drug-likeness (QED) is 0.648. The third kappa shape index (κ3) is 6.73. The standard InChI is InChI=1S/C15H29NO3S/c1-3-4-5-6-7-11-15(17)16-12-9-8-10-14(16)13-20(2,18)19/h14H,3-13H2,1-2H3/t14-/m1/s1. The van der Waals surface area contributed by atoms with Gasteiger partial charge in [-0.25, -0.2) is 8.42 Å². The van der Waals surface area contributed by atoms with E-state index in [1.165, 1.54) is 25.5 Å². The Bertz CT molecular complexity index is 392. The molecule has 118 valence electrons. The highest BCUT2D eigenvalue weighted by Crippen LogP contribution is 2.20. The minimum Gasteiger partial charge on any atom is -0.339 e. The fourth-order valence-electron chi connectivity index (χ4n) is 2.88. The molecule has 0 aromatic carbocycles. The molecule has 0 saturated carbocycles. The lowest BCUT2D eigenvalue weighted by atomic mass is 10.0. The van der Waals surface area contributed by atoms with Crippen LogP contribution in [0, 0.1) is 0 Å². The van der Waals surface area contributed by atoms with Crippen molar-refractivity contribution < 1.29 is 13.2 Å². The van der Waals surface area contributed by atoms with Crippen LogP contribution < -0.4 is 0 Å². The number of rotatable bonds is 8. The van der Waals surface area contributed by atoms with Gasteiger partial charge in [-0.1, -0.05) is 32.6 Å². The minimum atomic E-state index is -3.02. The molecular weight excluding hydrogens is 274 g/mol. The zero-order chi connectivity index (χ0) is 15.0. The molecule has 0 N–H and O–H groups in total. The maximum atomic E-state index is 12.3. The smallest absolute Gasteiger partial charge is 0.222 e. The number of carbonyl (C=O) groups excluding carboxylic acids is 1. The van der Waals surface area contributed by atoms with Crippen LogP contribution in [0.3, 0.4) is 0 Å². The van der Waals surface area contributed by atoms with Crippen molar-refractivity contribution in [1.82, 2.24) is 4.90 Å². The topological polar surface area (TPSA) is 54.5 Å². The molecule has 5 heteroatoms. The van der Waals surface area contributed by atoms with Crippen molar-refractivity contribution in [2.24, 2.45) is 0 Å². The molecule has 1 rings (SSSR count). The van der Waals surface area contributed by atoms with Crippen LogP contribution in [0.25, 0.3) is 0 Å². The second-order valence-corrected chi connectivity index (χ2v) is 8.18. The first kappa shape index (κ1) is 17.5. The number of unbranched alkanes of at least 4 members (excludes halogenated alkanes) is 4. The van der Waals surface area contributed by atoms with Gasteiger partial charge in [0.25, 0.3) is 0 Å². The van der Waals surface area contributed by atoms with Crippen LogP contribution in [0.1, 0.15) is 64.7 Å². The Kier molecular flexibility index (Phi) is 7.56. The molecule has 0 aliphatic carbocycles. The molecule has 1 aliphatic rings. The average molecular weight is 303 g/mol. The second-order valence-electron chi connectivity index (χ2n) is 5.99. The number of nitrogens with zero attached hydrogens (tertiary/aromatic N) is 1. The lowest BCUT2D eigenvalue weighted by Crippen LogP contribution is -2.46. The number of hydrogen-bond donors (Lipinski definition) is 0. The molecule has 0 aromatic rings. The number of amides is 1. The fraction of sp³-hybridized carbons (Fsp3) is 0.933. The van der Waals surface area contributed by atoms with E-state index in [4.69, 9.17) is 0 Å². The number of sulfone groups is 1. The van der Waals surface area contributed by atoms with Crippen LogP contribution >= 0.6 is 0 Å². The molecule has 0 unspecified atom stereocenters. The molecule has 0 spiro atoms. The molecule has 0 radical (unpaired) electrons. The third-order valence-corrected chi connectivity index (χ3v) is 4.93. The molecule has 1 aliphatic heterocycles. The summed E-state index contributed by atoms with van der Waals surface area (Å²) in [5.41, 5.74) is 0. The van der Waals surface area contributed by atoms with E-state index in [0.29, 0.717) is 6.42 Å². The van der Waals surface area contributed by atoms with Gasteiger partial charge in [0, 0.05) is 25.3 Å². The summed E-state index contributed by atoms with van der Waals surface area (Å²) in [7, 11) is -3.02. The largest absolute Gasteiger partial charge is 0.339 e. The van der Waals surface area contributed by atoms with E-state index in [2.05, 4.69) is 6.92 Å². The zero-order valence-electron chi connectivity index (χ0n) is 12.9. The van der Waals surface area contributed by atoms with Crippen molar-refractivity contribution in [3.05, 3.63) is 0 Å². The fourth-order valence-corrected chi connectivity index (χ4v) is 3.92. The molecule has 1 amide bonds. The van der Waals surface area contributed by atoms with Crippen molar-refractivity contribution in [3.63, 3.8) is 0 Å². The Labute approximate surface area is 123 Å². The molecule has 0 bridgehead atoms. The monoisotopic (exact) mass is 303 g/mol. The van der Waals surface area contributed by atoms with E-state index >= 15 is 0 Å². The predicted octanol–water partition coefficient (Wildman–Crippen LogP) is 2.77. The summed E-state index contributed by atoms with van der Waals surface area (Å²) >= 11 is 0. The van der Waals surface area contributed by atoms with Gasteiger partial charge in [-0.15, -0.1) is 0 Å². The minimum absolute atomic E-state index is 0.0955. The average Bonchev–Trinajstić information content (AvgIpc) is 2.37. The number of hydrogen-bond acceptors (Lipinski definition) is 3. The summed E-state index contributed by atoms with van der Waals surface area (Å²) in [5, 5.41) is 0. The van der Waals surface area contributed by atoms with E-state index < -0.39 is 9.84 Å². The summed E-state index contributed by atoms with van der Waals surface area (Å²) in [6.45, 7) is 2.91. The predicted molar refractivity (Wildman–Crippen MR) is 82.4 cm³/mol. The lowest BCUT2D eigenvalue weighted by Gasteiger charge is -2.35. The number of likely N-dealkylation sites (tertiary alicyclic amines) is 1. The Morgan fingerprint density at radius 3 is 2.50 bits per heavy atom. The van der Waals surface area contributed by atoms with E-state index in [1.807, 2.05) is 4.90 Å². The van der Waals surface area contributed by atoms with Crippen LogP contribution in [-0.2, 0) is 14.6 Å². The van der Waals surface area contributed by atoms with Gasteiger partial charge >= 0.3 is 0 Å². The number of carbonyl (C=O) groups is 1. The van der Waals surface area contributed by atoms with Crippen molar-refractivity contribution in [2.75, 3.05) is 18.6 Å². The molecular formula is C15H29NO3S. The van der Waals surface area contributed by atoms with Gasteiger partial charge in [-0.05, 0) is 25.7 Å². The SMILES string of the molecule is CCCCCCCC(=O)N1CCCC[C@@H]1CS(C)(=O)=O. The summed E-state index contributed by atoms with van der Waals surface area (Å²) in [4.78, 5) is 14.1. The van der Waals surface area contributed by atoms with Crippen LogP contribution in [-0.4, -0.2) is 43.8 Å². The molecule has 1 fully saturated rings. The van der Waals surface area contributed by atoms with Gasteiger partial charge in [0.2, 0.25) is 5.91 Å². The first-order valence-corrected chi connectivity index (χ1v) is 9.97. The zero-order valence-corrected chi connectivity index (χ0v) is 13.8. The highest BCUT2D eigenvalue weighted by molar-refractivity contribution is 7.90. The molecule has 0 aromatic heterocycles. The van der Waals surface area contributed by atoms with Crippen molar-refractivity contribution >= 4 is 15.7 Å². The maximum absolute atomic E-state index is 12.3. The third-order valence-electron chi connectivity index (χ3n) is 3.94. The summed E-state index contributed by atoms with van der Waals surface area (Å²) in [6.07, 6.45) is 10.3. The van der Waals surface area contributed by atoms with Gasteiger partial charge in [0.1, 0.15) is 9.84 Å². The van der Waals surface area contributed by atoms with Gasteiger partial charge in [-0.3, -0.25) is 4.79 Å². The van der Waals surface area contributed by atoms with E-state index in [-0.39, 0.29) is 17.7 Å². The van der Waals surface area contributed by atoms with Gasteiger partial charge in [0.15, 0.2) is 0 Å². The molecule has 1 atom stereocenters. The Morgan fingerprint density at radius 2 is 1.85 bits per heavy atom. The van der Waals surface area contributed by atoms with E-state index in [9.17, 15) is 13.2 Å². The molecule has 20 heavy (non-hydrogen) atoms. The van der Waals surface area contributed by atoms with Crippen LogP contribution in [0.4, 0.5) is 0 Å². The Hall–Kier alpha value is -0.580. The van der Waals surface area contributed by atoms with Gasteiger partial charge in [-0.2, -0.15) is 0 Å². The van der Waals surface area contributed by atoms with Crippen LogP contribution in [0.2, 0.25) is 0 Å². The van der Waals surface area contributed by atoms with Crippen molar-refractivity contribution in [1.29, 1.82) is 0 Å². The summed E-state index contributed by atoms with van der Waals surface area (Å²) < 4.78 is 22.9. The Balaban J connectivity index is 2.42. The van der Waals surface area contributed by atoms with Crippen molar-refractivity contribution in [2.45, 2.75) is 70.8 Å². The normalized spacial score (nSPS) is 20.1. The summed E-state index contributed by atoms with van der Waals surface area (Å²) in [5.74, 6) is 0.268. The van der Waals surface area contributed by atoms with Crippen LogP contribution in [0.15, 0.2) is 0 Å². The number of piperidine rings is 1.